The number of hydrogen-bond donors (Lipinski definition) is 1. The number of amides is 2. The molecule has 0 saturated carbocycles. The molecule has 0 aromatic heterocycles. The van der Waals surface area contributed by atoms with Crippen molar-refractivity contribution in [3.05, 3.63) is 29.3 Å². The van der Waals surface area contributed by atoms with Crippen molar-refractivity contribution in [3.8, 4) is 0 Å². The average Bonchev–Trinajstić information content (AvgIpc) is 2.88. The van der Waals surface area contributed by atoms with E-state index >= 15 is 0 Å². The van der Waals surface area contributed by atoms with E-state index in [2.05, 4.69) is 11.9 Å². The zero-order chi connectivity index (χ0) is 13.6. The number of rotatable bonds is 2. The summed E-state index contributed by atoms with van der Waals surface area (Å²) in [6.07, 6.45) is 1.03. The molecule has 0 spiro atoms. The van der Waals surface area contributed by atoms with Crippen LogP contribution in [-0.4, -0.2) is 48.3 Å². The minimum absolute atomic E-state index is 0.207. The predicted octanol–water partition coefficient (Wildman–Crippen LogP) is 0.817. The maximum absolute atomic E-state index is 12.3. The smallest absolute Gasteiger partial charge is 0.263 e. The fourth-order valence-corrected chi connectivity index (χ4v) is 2.96. The van der Waals surface area contributed by atoms with Crippen LogP contribution in [0.2, 0.25) is 0 Å². The number of imide groups is 1. The molecule has 0 aliphatic carbocycles. The molecule has 1 saturated heterocycles. The van der Waals surface area contributed by atoms with Crippen LogP contribution >= 0.6 is 0 Å². The van der Waals surface area contributed by atoms with Crippen LogP contribution in [0.15, 0.2) is 18.2 Å². The van der Waals surface area contributed by atoms with Crippen LogP contribution in [0.1, 0.15) is 27.1 Å². The van der Waals surface area contributed by atoms with Crippen molar-refractivity contribution in [2.24, 2.45) is 5.92 Å². The number of carbonyl (C=O) groups excluding carboxylic acids is 2. The quantitative estimate of drug-likeness (QED) is 0.630. The Bertz CT molecular complexity index is 556. The summed E-state index contributed by atoms with van der Waals surface area (Å²) < 4.78 is 0. The Morgan fingerprint density at radius 3 is 2.74 bits per heavy atom. The van der Waals surface area contributed by atoms with Crippen molar-refractivity contribution in [1.29, 1.82) is 0 Å². The summed E-state index contributed by atoms with van der Waals surface area (Å²) in [4.78, 5) is 28.1. The number of benzene rings is 1. The van der Waals surface area contributed by atoms with E-state index in [-0.39, 0.29) is 11.8 Å². The Balaban J connectivity index is 1.84. The van der Waals surface area contributed by atoms with E-state index in [1.807, 2.05) is 0 Å². The van der Waals surface area contributed by atoms with E-state index in [1.165, 1.54) is 4.90 Å². The van der Waals surface area contributed by atoms with E-state index in [0.717, 1.165) is 19.5 Å². The van der Waals surface area contributed by atoms with Crippen molar-refractivity contribution < 1.29 is 9.59 Å². The Kier molecular flexibility index (Phi) is 2.78. The van der Waals surface area contributed by atoms with Gasteiger partial charge in [0.25, 0.3) is 11.8 Å². The van der Waals surface area contributed by atoms with Gasteiger partial charge in [-0.05, 0) is 38.1 Å². The van der Waals surface area contributed by atoms with E-state index < -0.39 is 0 Å². The summed E-state index contributed by atoms with van der Waals surface area (Å²) in [5.41, 5.74) is 7.01. The van der Waals surface area contributed by atoms with Crippen molar-refractivity contribution in [2.45, 2.75) is 6.42 Å². The molecule has 1 unspecified atom stereocenters. The molecule has 2 N–H and O–H groups in total. The van der Waals surface area contributed by atoms with Crippen LogP contribution in [0.5, 0.6) is 0 Å². The molecule has 5 nitrogen and oxygen atoms in total. The van der Waals surface area contributed by atoms with Crippen LogP contribution in [0.3, 0.4) is 0 Å². The largest absolute Gasteiger partial charge is 0.398 e. The van der Waals surface area contributed by atoms with Gasteiger partial charge in [-0.15, -0.1) is 0 Å². The number of fused-ring (bicyclic) bond motifs is 1. The van der Waals surface area contributed by atoms with E-state index in [0.29, 0.717) is 29.3 Å². The second-order valence-corrected chi connectivity index (χ2v) is 5.41. The first-order valence-electron chi connectivity index (χ1n) is 6.51. The molecule has 1 aromatic carbocycles. The Morgan fingerprint density at radius 2 is 2.11 bits per heavy atom. The third kappa shape index (κ3) is 1.90. The van der Waals surface area contributed by atoms with Crippen molar-refractivity contribution >= 4 is 17.5 Å². The highest BCUT2D eigenvalue weighted by molar-refractivity contribution is 6.23. The highest BCUT2D eigenvalue weighted by atomic mass is 16.2. The minimum Gasteiger partial charge on any atom is -0.398 e. The van der Waals surface area contributed by atoms with E-state index in [9.17, 15) is 9.59 Å². The first-order chi connectivity index (χ1) is 9.08. The minimum atomic E-state index is -0.243. The lowest BCUT2D eigenvalue weighted by molar-refractivity contribution is 0.0631. The molecule has 0 radical (unpaired) electrons. The summed E-state index contributed by atoms with van der Waals surface area (Å²) >= 11 is 0. The Hall–Kier alpha value is -1.88. The standard InChI is InChI=1S/C14H17N3O2/c1-16-6-5-9(7-16)8-17-13(18)10-3-2-4-11(15)12(10)14(17)19/h2-4,9H,5-8,15H2,1H3. The lowest BCUT2D eigenvalue weighted by Gasteiger charge is -2.18. The van der Waals surface area contributed by atoms with Gasteiger partial charge >= 0.3 is 0 Å². The molecule has 3 rings (SSSR count). The van der Waals surface area contributed by atoms with Gasteiger partial charge in [-0.25, -0.2) is 0 Å². The Morgan fingerprint density at radius 1 is 1.32 bits per heavy atom. The van der Waals surface area contributed by atoms with Crippen molar-refractivity contribution in [3.63, 3.8) is 0 Å². The first-order valence-corrected chi connectivity index (χ1v) is 6.51. The van der Waals surface area contributed by atoms with Gasteiger partial charge in [0.05, 0.1) is 11.1 Å². The van der Waals surface area contributed by atoms with Gasteiger partial charge in [0.2, 0.25) is 0 Å². The topological polar surface area (TPSA) is 66.6 Å². The molecule has 2 heterocycles. The van der Waals surface area contributed by atoms with Gasteiger partial charge in [0, 0.05) is 18.8 Å². The average molecular weight is 259 g/mol. The van der Waals surface area contributed by atoms with Crippen molar-refractivity contribution in [1.82, 2.24) is 9.80 Å². The van der Waals surface area contributed by atoms with Crippen molar-refractivity contribution in [2.75, 3.05) is 32.4 Å². The number of nitrogens with two attached hydrogens (primary N) is 1. The lowest BCUT2D eigenvalue weighted by Crippen LogP contribution is -2.35. The first kappa shape index (κ1) is 12.2. The fraction of sp³-hybridized carbons (Fsp3) is 0.429. The molecule has 2 aliphatic rings. The number of hydrogen-bond acceptors (Lipinski definition) is 4. The van der Waals surface area contributed by atoms with Gasteiger partial charge in [-0.3, -0.25) is 14.5 Å². The van der Waals surface area contributed by atoms with Crippen LogP contribution < -0.4 is 5.73 Å². The van der Waals surface area contributed by atoms with E-state index in [1.54, 1.807) is 18.2 Å². The molecule has 0 bridgehead atoms. The third-order valence-corrected chi connectivity index (χ3v) is 3.96. The number of nitrogens with zero attached hydrogens (tertiary/aromatic N) is 2. The third-order valence-electron chi connectivity index (χ3n) is 3.96. The molecule has 19 heavy (non-hydrogen) atoms. The van der Waals surface area contributed by atoms with E-state index in [4.69, 9.17) is 5.73 Å². The van der Waals surface area contributed by atoms with Crippen LogP contribution in [0.4, 0.5) is 5.69 Å². The maximum Gasteiger partial charge on any atom is 0.263 e. The molecular weight excluding hydrogens is 242 g/mol. The number of likely N-dealkylation sites (tertiary alicyclic amines) is 1. The molecule has 2 aliphatic heterocycles. The van der Waals surface area contributed by atoms with Crippen LogP contribution in [0, 0.1) is 5.92 Å². The number of anilines is 1. The normalized spacial score (nSPS) is 23.2. The lowest BCUT2D eigenvalue weighted by atomic mass is 10.1. The highest BCUT2D eigenvalue weighted by Crippen LogP contribution is 2.29. The van der Waals surface area contributed by atoms with Gasteiger partial charge in [-0.2, -0.15) is 0 Å². The molecule has 100 valence electrons. The molecule has 5 heteroatoms. The molecule has 1 fully saturated rings. The zero-order valence-electron chi connectivity index (χ0n) is 10.9. The molecule has 1 aromatic rings. The second-order valence-electron chi connectivity index (χ2n) is 5.41. The summed E-state index contributed by atoms with van der Waals surface area (Å²) in [7, 11) is 2.06. The SMILES string of the molecule is CN1CCC(CN2C(=O)c3cccc(N)c3C2=O)C1. The van der Waals surface area contributed by atoms with Crippen LogP contribution in [-0.2, 0) is 0 Å². The van der Waals surface area contributed by atoms with Gasteiger partial charge in [-0.1, -0.05) is 6.07 Å². The monoisotopic (exact) mass is 259 g/mol. The zero-order valence-corrected chi connectivity index (χ0v) is 10.9. The molecule has 1 atom stereocenters. The maximum atomic E-state index is 12.3. The molecular formula is C14H17N3O2. The second kappa shape index (κ2) is 4.35. The summed E-state index contributed by atoms with van der Waals surface area (Å²) in [5, 5.41) is 0. The van der Waals surface area contributed by atoms with Crippen LogP contribution in [0.25, 0.3) is 0 Å². The van der Waals surface area contributed by atoms with Gasteiger partial charge in [0.15, 0.2) is 0 Å². The Labute approximate surface area is 112 Å². The fourth-order valence-electron chi connectivity index (χ4n) is 2.96. The van der Waals surface area contributed by atoms with Gasteiger partial charge in [0.1, 0.15) is 0 Å². The molecule has 2 amide bonds. The van der Waals surface area contributed by atoms with Gasteiger partial charge < -0.3 is 10.6 Å². The summed E-state index contributed by atoms with van der Waals surface area (Å²) in [5.74, 6) is -0.0806. The predicted molar refractivity (Wildman–Crippen MR) is 71.8 cm³/mol. The summed E-state index contributed by atoms with van der Waals surface area (Å²) in [6, 6.07) is 5.05. The highest BCUT2D eigenvalue weighted by Gasteiger charge is 2.38. The number of carbonyl (C=O) groups is 2. The number of nitrogen functional groups attached to an aromatic ring is 1. The summed E-state index contributed by atoms with van der Waals surface area (Å²) in [6.45, 7) is 2.45.